The number of nitrogens with zero attached hydrogens (tertiary/aromatic N) is 3. The molecule has 0 saturated carbocycles. The Labute approximate surface area is 128 Å². The largest absolute Gasteiger partial charge is 0.447 e. The molecule has 0 radical (unpaired) electrons. The molecule has 2 amide bonds. The number of carbonyl (C=O) groups excluding carboxylic acids is 2. The van der Waals surface area contributed by atoms with Crippen LogP contribution in [0.3, 0.4) is 0 Å². The highest BCUT2D eigenvalue weighted by atomic mass is 16.6. The summed E-state index contributed by atoms with van der Waals surface area (Å²) in [5.41, 5.74) is 0. The second-order valence-electron chi connectivity index (χ2n) is 5.53. The normalized spacial score (nSPS) is 24.5. The zero-order valence-electron chi connectivity index (χ0n) is 12.3. The van der Waals surface area contributed by atoms with Crippen molar-refractivity contribution in [2.24, 2.45) is 5.92 Å². The Morgan fingerprint density at radius 1 is 1.45 bits per heavy atom. The van der Waals surface area contributed by atoms with Crippen LogP contribution in [0.1, 0.15) is 6.42 Å². The van der Waals surface area contributed by atoms with Gasteiger partial charge in [-0.15, -0.1) is 0 Å². The van der Waals surface area contributed by atoms with Crippen molar-refractivity contribution >= 4 is 12.0 Å². The number of amides is 2. The summed E-state index contributed by atoms with van der Waals surface area (Å²) in [6, 6.07) is 1.28. The van der Waals surface area contributed by atoms with Crippen molar-refractivity contribution in [2.75, 3.05) is 32.9 Å². The van der Waals surface area contributed by atoms with E-state index < -0.39 is 12.1 Å². The van der Waals surface area contributed by atoms with Gasteiger partial charge in [0, 0.05) is 38.0 Å². The Balaban J connectivity index is 1.50. The van der Waals surface area contributed by atoms with E-state index in [9.17, 15) is 9.59 Å². The number of aromatic nitrogens is 2. The molecule has 0 aromatic carbocycles. The van der Waals surface area contributed by atoms with Crippen molar-refractivity contribution in [1.29, 1.82) is 0 Å². The van der Waals surface area contributed by atoms with Crippen LogP contribution in [0.4, 0.5) is 4.79 Å². The van der Waals surface area contributed by atoms with Gasteiger partial charge in [0.15, 0.2) is 0 Å². The Kier molecular flexibility index (Phi) is 4.57. The number of hydrogen-bond donors (Lipinski definition) is 1. The standard InChI is InChI=1S/C14H20N4O4/c19-13(15-4-6-17-5-1-3-16-17)12-10-22-14(20)18(12)8-11-2-7-21-9-11/h1,3,5,11-12H,2,4,6-10H2,(H,15,19)/t11?,12-/m0/s1. The molecule has 1 aromatic heterocycles. The van der Waals surface area contributed by atoms with E-state index in [1.807, 2.05) is 12.3 Å². The van der Waals surface area contributed by atoms with Crippen LogP contribution in [0.2, 0.25) is 0 Å². The van der Waals surface area contributed by atoms with Crippen molar-refractivity contribution in [3.8, 4) is 0 Å². The SMILES string of the molecule is O=C(NCCn1cccn1)[C@@H]1COC(=O)N1CC1CCOC1. The molecule has 2 fully saturated rings. The minimum absolute atomic E-state index is 0.111. The van der Waals surface area contributed by atoms with Gasteiger partial charge in [-0.05, 0) is 12.5 Å². The molecule has 2 saturated heterocycles. The molecule has 0 bridgehead atoms. The molecule has 2 aliphatic heterocycles. The maximum absolute atomic E-state index is 12.3. The average Bonchev–Trinajstić information content (AvgIpc) is 3.23. The van der Waals surface area contributed by atoms with E-state index in [0.717, 1.165) is 6.42 Å². The van der Waals surface area contributed by atoms with Gasteiger partial charge in [0.1, 0.15) is 12.6 Å². The summed E-state index contributed by atoms with van der Waals surface area (Å²) < 4.78 is 12.1. The predicted octanol–water partition coefficient (Wildman–Crippen LogP) is -0.143. The maximum atomic E-state index is 12.3. The average molecular weight is 308 g/mol. The lowest BCUT2D eigenvalue weighted by Crippen LogP contribution is -2.48. The van der Waals surface area contributed by atoms with E-state index in [2.05, 4.69) is 10.4 Å². The van der Waals surface area contributed by atoms with Gasteiger partial charge in [-0.25, -0.2) is 4.79 Å². The Hall–Kier alpha value is -2.09. The smallest absolute Gasteiger partial charge is 0.410 e. The molecule has 2 atom stereocenters. The summed E-state index contributed by atoms with van der Waals surface area (Å²) in [5, 5.41) is 6.90. The van der Waals surface area contributed by atoms with Gasteiger partial charge in [0.2, 0.25) is 5.91 Å². The first-order valence-electron chi connectivity index (χ1n) is 7.50. The van der Waals surface area contributed by atoms with Crippen LogP contribution in [0, 0.1) is 5.92 Å². The van der Waals surface area contributed by atoms with Crippen LogP contribution >= 0.6 is 0 Å². The molecule has 1 N–H and O–H groups in total. The molecule has 22 heavy (non-hydrogen) atoms. The molecule has 0 aliphatic carbocycles. The van der Waals surface area contributed by atoms with E-state index in [1.54, 1.807) is 10.9 Å². The highest BCUT2D eigenvalue weighted by molar-refractivity contribution is 5.87. The van der Waals surface area contributed by atoms with Crippen molar-refractivity contribution < 1.29 is 19.1 Å². The number of carbonyl (C=O) groups is 2. The molecule has 120 valence electrons. The van der Waals surface area contributed by atoms with Crippen LogP contribution in [-0.2, 0) is 20.8 Å². The lowest BCUT2D eigenvalue weighted by atomic mass is 10.1. The highest BCUT2D eigenvalue weighted by Gasteiger charge is 2.39. The minimum Gasteiger partial charge on any atom is -0.447 e. The van der Waals surface area contributed by atoms with Crippen molar-refractivity contribution in [3.05, 3.63) is 18.5 Å². The maximum Gasteiger partial charge on any atom is 0.410 e. The number of nitrogens with one attached hydrogen (secondary N) is 1. The lowest BCUT2D eigenvalue weighted by molar-refractivity contribution is -0.125. The van der Waals surface area contributed by atoms with Crippen LogP contribution in [0.25, 0.3) is 0 Å². The van der Waals surface area contributed by atoms with Gasteiger partial charge >= 0.3 is 6.09 Å². The first-order chi connectivity index (χ1) is 10.7. The number of cyclic esters (lactones) is 1. The topological polar surface area (TPSA) is 85.7 Å². The Bertz CT molecular complexity index is 513. The monoisotopic (exact) mass is 308 g/mol. The van der Waals surface area contributed by atoms with Gasteiger partial charge in [-0.2, -0.15) is 5.10 Å². The molecule has 3 heterocycles. The molecule has 8 nitrogen and oxygen atoms in total. The van der Waals surface area contributed by atoms with Gasteiger partial charge in [0.05, 0.1) is 13.2 Å². The third-order valence-corrected chi connectivity index (χ3v) is 3.96. The minimum atomic E-state index is -0.550. The zero-order valence-corrected chi connectivity index (χ0v) is 12.3. The fourth-order valence-corrected chi connectivity index (χ4v) is 2.72. The summed E-state index contributed by atoms with van der Waals surface area (Å²) >= 11 is 0. The second kappa shape index (κ2) is 6.78. The van der Waals surface area contributed by atoms with Gasteiger partial charge in [0.25, 0.3) is 0 Å². The van der Waals surface area contributed by atoms with Gasteiger partial charge in [-0.3, -0.25) is 14.4 Å². The lowest BCUT2D eigenvalue weighted by Gasteiger charge is -2.23. The van der Waals surface area contributed by atoms with Crippen LogP contribution in [-0.4, -0.2) is 65.6 Å². The fourth-order valence-electron chi connectivity index (χ4n) is 2.72. The summed E-state index contributed by atoms with van der Waals surface area (Å²) in [6.45, 7) is 3.03. The van der Waals surface area contributed by atoms with E-state index in [0.29, 0.717) is 32.8 Å². The molecular formula is C14H20N4O4. The molecule has 8 heteroatoms. The predicted molar refractivity (Wildman–Crippen MR) is 76.0 cm³/mol. The fraction of sp³-hybridized carbons (Fsp3) is 0.643. The van der Waals surface area contributed by atoms with E-state index in [4.69, 9.17) is 9.47 Å². The van der Waals surface area contributed by atoms with E-state index in [1.165, 1.54) is 4.90 Å². The first kappa shape index (κ1) is 14.8. The third-order valence-electron chi connectivity index (χ3n) is 3.96. The summed E-state index contributed by atoms with van der Waals surface area (Å²) in [7, 11) is 0. The molecule has 1 aromatic rings. The molecule has 1 unspecified atom stereocenters. The summed E-state index contributed by atoms with van der Waals surface area (Å²) in [6.07, 6.45) is 4.02. The van der Waals surface area contributed by atoms with Gasteiger partial charge in [-0.1, -0.05) is 0 Å². The van der Waals surface area contributed by atoms with Crippen molar-refractivity contribution in [3.63, 3.8) is 0 Å². The number of rotatable bonds is 6. The molecule has 0 spiro atoms. The summed E-state index contributed by atoms with van der Waals surface area (Å²) in [5.74, 6) is 0.0990. The Morgan fingerprint density at radius 3 is 3.09 bits per heavy atom. The number of ether oxygens (including phenoxy) is 2. The van der Waals surface area contributed by atoms with E-state index in [-0.39, 0.29) is 18.4 Å². The third kappa shape index (κ3) is 3.38. The van der Waals surface area contributed by atoms with Crippen LogP contribution < -0.4 is 5.32 Å². The quantitative estimate of drug-likeness (QED) is 0.790. The van der Waals surface area contributed by atoms with Crippen LogP contribution in [0.15, 0.2) is 18.5 Å². The highest BCUT2D eigenvalue weighted by Crippen LogP contribution is 2.19. The zero-order chi connectivity index (χ0) is 15.4. The van der Waals surface area contributed by atoms with Gasteiger partial charge < -0.3 is 14.8 Å². The summed E-state index contributed by atoms with van der Waals surface area (Å²) in [4.78, 5) is 25.6. The Morgan fingerprint density at radius 2 is 2.36 bits per heavy atom. The molecule has 3 rings (SSSR count). The second-order valence-corrected chi connectivity index (χ2v) is 5.53. The molecular weight excluding hydrogens is 288 g/mol. The van der Waals surface area contributed by atoms with E-state index >= 15 is 0 Å². The van der Waals surface area contributed by atoms with Crippen molar-refractivity contribution in [2.45, 2.75) is 19.0 Å². The first-order valence-corrected chi connectivity index (χ1v) is 7.50. The van der Waals surface area contributed by atoms with Crippen LogP contribution in [0.5, 0.6) is 0 Å². The number of hydrogen-bond acceptors (Lipinski definition) is 5. The van der Waals surface area contributed by atoms with Crippen molar-refractivity contribution in [1.82, 2.24) is 20.0 Å². The molecule has 2 aliphatic rings.